The van der Waals surface area contributed by atoms with Gasteiger partial charge in [-0.15, -0.1) is 24.8 Å². The Balaban J connectivity index is -0.000000213. The molecule has 0 amide bonds. The lowest BCUT2D eigenvalue weighted by molar-refractivity contribution is 0.545. The number of hydrogen-bond acceptors (Lipinski definition) is 2. The summed E-state index contributed by atoms with van der Waals surface area (Å²) in [7, 11) is 0. The first-order chi connectivity index (χ1) is 13.8. The molecule has 2 nitrogen and oxygen atoms in total. The number of halogens is 2. The minimum atomic E-state index is 0. The highest BCUT2D eigenvalue weighted by atomic mass is 35.5. The maximum atomic E-state index is 5.45. The largest absolute Gasteiger partial charge is 0.330 e. The molecule has 30 heavy (non-hydrogen) atoms. The van der Waals surface area contributed by atoms with Gasteiger partial charge in [0.1, 0.15) is 0 Å². The first kappa shape index (κ1) is 37.8. The molecule has 0 aliphatic rings. The summed E-state index contributed by atoms with van der Waals surface area (Å²) in [4.78, 5) is 0. The number of nitrogens with two attached hydrogens (primary N) is 2. The second-order valence-corrected chi connectivity index (χ2v) is 8.65. The van der Waals surface area contributed by atoms with Crippen molar-refractivity contribution in [3.63, 3.8) is 0 Å². The van der Waals surface area contributed by atoms with E-state index in [9.17, 15) is 0 Å². The van der Waals surface area contributed by atoms with E-state index < -0.39 is 0 Å². The van der Waals surface area contributed by atoms with Gasteiger partial charge in [0.2, 0.25) is 0 Å². The topological polar surface area (TPSA) is 52.0 Å². The molecule has 0 fully saturated rings. The van der Waals surface area contributed by atoms with Crippen molar-refractivity contribution in [1.82, 2.24) is 0 Å². The summed E-state index contributed by atoms with van der Waals surface area (Å²) in [6.45, 7) is 6.29. The highest BCUT2D eigenvalue weighted by Gasteiger charge is 1.93. The number of unbranched alkanes of at least 4 members (excludes halogenated alkanes) is 20. The normalized spacial score (nSPS) is 10.0. The number of hydrogen-bond donors (Lipinski definition) is 2. The van der Waals surface area contributed by atoms with Crippen molar-refractivity contribution in [3.8, 4) is 0 Å². The molecule has 0 spiro atoms. The molecule has 0 unspecified atom stereocenters. The van der Waals surface area contributed by atoms with Crippen molar-refractivity contribution in [3.05, 3.63) is 0 Å². The molecule has 0 aromatic heterocycles. The van der Waals surface area contributed by atoms with Gasteiger partial charge in [0, 0.05) is 0 Å². The summed E-state index contributed by atoms with van der Waals surface area (Å²) < 4.78 is 0. The fourth-order valence-electron chi connectivity index (χ4n) is 3.62. The average molecular weight is 472 g/mol. The average Bonchev–Trinajstić information content (AvgIpc) is 2.71. The van der Waals surface area contributed by atoms with E-state index >= 15 is 0 Å². The lowest BCUT2D eigenvalue weighted by atomic mass is 10.1. The predicted octanol–water partition coefficient (Wildman–Crippen LogP) is 9.36. The Bertz CT molecular complexity index is 219. The van der Waals surface area contributed by atoms with E-state index in [1.165, 1.54) is 141 Å². The number of rotatable bonds is 22. The van der Waals surface area contributed by atoms with E-state index in [4.69, 9.17) is 11.5 Å². The maximum absolute atomic E-state index is 5.45. The van der Waals surface area contributed by atoms with Gasteiger partial charge >= 0.3 is 0 Å². The van der Waals surface area contributed by atoms with E-state index in [1.807, 2.05) is 0 Å². The van der Waals surface area contributed by atoms with Crippen molar-refractivity contribution >= 4 is 24.8 Å². The summed E-state index contributed by atoms with van der Waals surface area (Å²) in [5.74, 6) is 0. The lowest BCUT2D eigenvalue weighted by Crippen LogP contribution is -1.97. The molecule has 0 rings (SSSR count). The van der Waals surface area contributed by atoms with E-state index in [0.29, 0.717) is 0 Å². The fraction of sp³-hybridized carbons (Fsp3) is 1.00. The Morgan fingerprint density at radius 2 is 0.467 bits per heavy atom. The van der Waals surface area contributed by atoms with Gasteiger partial charge in [-0.05, 0) is 25.9 Å². The monoisotopic (exact) mass is 470 g/mol. The van der Waals surface area contributed by atoms with Crippen LogP contribution in [0.3, 0.4) is 0 Å². The van der Waals surface area contributed by atoms with Crippen molar-refractivity contribution < 1.29 is 0 Å². The summed E-state index contributed by atoms with van der Waals surface area (Å²) in [5.41, 5.74) is 10.9. The third kappa shape index (κ3) is 42.6. The quantitative estimate of drug-likeness (QED) is 0.155. The van der Waals surface area contributed by atoms with Crippen LogP contribution < -0.4 is 11.5 Å². The van der Waals surface area contributed by atoms with Crippen LogP contribution in [-0.4, -0.2) is 13.1 Å². The molecule has 4 heteroatoms. The Morgan fingerprint density at radius 1 is 0.300 bits per heavy atom. The smallest absolute Gasteiger partial charge is 0.00773 e. The van der Waals surface area contributed by atoms with Crippen molar-refractivity contribution in [2.24, 2.45) is 11.5 Å². The van der Waals surface area contributed by atoms with E-state index in [-0.39, 0.29) is 24.8 Å². The van der Waals surface area contributed by atoms with Crippen LogP contribution in [0.2, 0.25) is 0 Å². The van der Waals surface area contributed by atoms with Crippen LogP contribution in [0.1, 0.15) is 155 Å². The molecule has 188 valence electrons. The van der Waals surface area contributed by atoms with Gasteiger partial charge in [0.15, 0.2) is 0 Å². The van der Waals surface area contributed by atoms with Crippen molar-refractivity contribution in [2.75, 3.05) is 13.1 Å². The van der Waals surface area contributed by atoms with Crippen molar-refractivity contribution in [1.29, 1.82) is 0 Å². The molecular weight excluding hydrogens is 411 g/mol. The van der Waals surface area contributed by atoms with Gasteiger partial charge in [-0.2, -0.15) is 0 Å². The highest BCUT2D eigenvalue weighted by molar-refractivity contribution is 5.85. The summed E-state index contributed by atoms with van der Waals surface area (Å²) >= 11 is 0. The van der Waals surface area contributed by atoms with Crippen LogP contribution >= 0.6 is 24.8 Å². The van der Waals surface area contributed by atoms with Gasteiger partial charge < -0.3 is 11.5 Å². The molecule has 0 aromatic rings. The molecule has 0 atom stereocenters. The molecule has 0 bridgehead atoms. The van der Waals surface area contributed by atoms with Crippen LogP contribution in [-0.2, 0) is 0 Å². The van der Waals surface area contributed by atoms with Gasteiger partial charge in [-0.25, -0.2) is 0 Å². The molecule has 4 N–H and O–H groups in total. The first-order valence-corrected chi connectivity index (χ1v) is 13.2. The Kier molecular flexibility index (Phi) is 50.3. The molecule has 0 aliphatic carbocycles. The SMILES string of the molecule is CCCCCCCCCCCCCCN.CCCCCCCCCCCCN.Cl.Cl. The fourth-order valence-corrected chi connectivity index (χ4v) is 3.62. The van der Waals surface area contributed by atoms with Crippen LogP contribution in [0, 0.1) is 0 Å². The van der Waals surface area contributed by atoms with Crippen LogP contribution in [0.4, 0.5) is 0 Å². The lowest BCUT2D eigenvalue weighted by Gasteiger charge is -2.01. The molecular formula is C26H60Cl2N2. The Hall–Kier alpha value is 0.500. The summed E-state index contributed by atoms with van der Waals surface area (Å²) in [6.07, 6.45) is 30.8. The minimum absolute atomic E-state index is 0. The summed E-state index contributed by atoms with van der Waals surface area (Å²) in [6, 6.07) is 0. The minimum Gasteiger partial charge on any atom is -0.330 e. The first-order valence-electron chi connectivity index (χ1n) is 13.2. The zero-order valence-electron chi connectivity index (χ0n) is 20.9. The summed E-state index contributed by atoms with van der Waals surface area (Å²) in [5, 5.41) is 0. The van der Waals surface area contributed by atoms with Crippen LogP contribution in [0.5, 0.6) is 0 Å². The molecule has 0 radical (unpaired) electrons. The second kappa shape index (κ2) is 39.9. The molecule has 0 aliphatic heterocycles. The van der Waals surface area contributed by atoms with Gasteiger partial charge in [-0.3, -0.25) is 0 Å². The zero-order valence-corrected chi connectivity index (χ0v) is 22.6. The van der Waals surface area contributed by atoms with E-state index in [2.05, 4.69) is 13.8 Å². The van der Waals surface area contributed by atoms with Gasteiger partial charge in [0.05, 0.1) is 0 Å². The predicted molar refractivity (Wildman–Crippen MR) is 146 cm³/mol. The Labute approximate surface area is 204 Å². The molecule has 0 heterocycles. The van der Waals surface area contributed by atoms with Gasteiger partial charge in [0.25, 0.3) is 0 Å². The van der Waals surface area contributed by atoms with E-state index in [0.717, 1.165) is 13.1 Å². The molecule has 0 saturated heterocycles. The second-order valence-electron chi connectivity index (χ2n) is 8.65. The third-order valence-corrected chi connectivity index (χ3v) is 5.62. The zero-order chi connectivity index (χ0) is 21.0. The third-order valence-electron chi connectivity index (χ3n) is 5.62. The molecule has 0 aromatic carbocycles. The Morgan fingerprint density at radius 3 is 0.633 bits per heavy atom. The van der Waals surface area contributed by atoms with Crippen LogP contribution in [0.25, 0.3) is 0 Å². The van der Waals surface area contributed by atoms with Crippen molar-refractivity contribution in [2.45, 2.75) is 155 Å². The molecule has 0 saturated carbocycles. The van der Waals surface area contributed by atoms with E-state index in [1.54, 1.807) is 0 Å². The van der Waals surface area contributed by atoms with Gasteiger partial charge in [-0.1, -0.05) is 142 Å². The van der Waals surface area contributed by atoms with Crippen LogP contribution in [0.15, 0.2) is 0 Å². The highest BCUT2D eigenvalue weighted by Crippen LogP contribution is 2.12. The standard InChI is InChI=1S/C14H31N.C12H27N.2ClH/c1-2-3-4-5-6-7-8-9-10-11-12-13-14-15;1-2-3-4-5-6-7-8-9-10-11-12-13;;/h2-15H2,1H3;2-13H2,1H3;2*1H. The maximum Gasteiger partial charge on any atom is -0.00773 e.